The van der Waals surface area contributed by atoms with Gasteiger partial charge in [-0.05, 0) is 31.1 Å². The highest BCUT2D eigenvalue weighted by Gasteiger charge is 2.31. The molecule has 0 aromatic carbocycles. The second kappa shape index (κ2) is 3.69. The summed E-state index contributed by atoms with van der Waals surface area (Å²) in [6.45, 7) is 2.12. The number of aliphatic hydroxyl groups is 1. The fourth-order valence-electron chi connectivity index (χ4n) is 2.27. The van der Waals surface area contributed by atoms with Gasteiger partial charge in [0, 0.05) is 13.2 Å². The van der Waals surface area contributed by atoms with Gasteiger partial charge in [0.05, 0.1) is 11.8 Å². The van der Waals surface area contributed by atoms with Crippen LogP contribution < -0.4 is 0 Å². The highest BCUT2D eigenvalue weighted by Crippen LogP contribution is 2.33. The molecular weight excluding hydrogens is 178 g/mol. The minimum atomic E-state index is -0.114. The van der Waals surface area contributed by atoms with Crippen molar-refractivity contribution < 1.29 is 5.11 Å². The molecule has 0 amide bonds. The molecule has 1 aromatic heterocycles. The Bertz CT molecular complexity index is 310. The van der Waals surface area contributed by atoms with Gasteiger partial charge in [0.15, 0.2) is 0 Å². The third kappa shape index (κ3) is 1.80. The van der Waals surface area contributed by atoms with E-state index in [-0.39, 0.29) is 6.10 Å². The number of nitrogens with zero attached hydrogens (tertiary/aromatic N) is 3. The summed E-state index contributed by atoms with van der Waals surface area (Å²) in [7, 11) is 1.88. The summed E-state index contributed by atoms with van der Waals surface area (Å²) >= 11 is 0. The largest absolute Gasteiger partial charge is 0.393 e. The highest BCUT2D eigenvalue weighted by molar-refractivity contribution is 4.97. The van der Waals surface area contributed by atoms with Crippen molar-refractivity contribution in [2.45, 2.75) is 32.3 Å². The topological polar surface area (TPSA) is 50.9 Å². The van der Waals surface area contributed by atoms with E-state index in [9.17, 15) is 5.11 Å². The fraction of sp³-hybridized carbons (Fsp3) is 0.800. The Morgan fingerprint density at radius 2 is 2.36 bits per heavy atom. The van der Waals surface area contributed by atoms with Crippen LogP contribution in [0.5, 0.6) is 0 Å². The average Bonchev–Trinajstić information content (AvgIpc) is 2.67. The Morgan fingerprint density at radius 3 is 2.86 bits per heavy atom. The molecule has 0 saturated heterocycles. The predicted octanol–water partition coefficient (Wildman–Crippen LogP) is 0.765. The first-order chi connectivity index (χ1) is 6.66. The van der Waals surface area contributed by atoms with E-state index in [1.54, 1.807) is 4.68 Å². The fourth-order valence-corrected chi connectivity index (χ4v) is 2.27. The van der Waals surface area contributed by atoms with Crippen molar-refractivity contribution in [1.82, 2.24) is 15.0 Å². The Morgan fingerprint density at radius 1 is 1.57 bits per heavy atom. The van der Waals surface area contributed by atoms with Crippen LogP contribution >= 0.6 is 0 Å². The molecule has 1 aliphatic carbocycles. The molecule has 1 aliphatic rings. The van der Waals surface area contributed by atoms with Gasteiger partial charge in [-0.2, -0.15) is 0 Å². The van der Waals surface area contributed by atoms with Gasteiger partial charge in [-0.25, -0.2) is 0 Å². The molecule has 1 saturated carbocycles. The summed E-state index contributed by atoms with van der Waals surface area (Å²) in [5.74, 6) is 0.971. The van der Waals surface area contributed by atoms with Gasteiger partial charge < -0.3 is 5.11 Å². The number of hydrogen-bond acceptors (Lipinski definition) is 3. The minimum absolute atomic E-state index is 0.114. The van der Waals surface area contributed by atoms with E-state index in [2.05, 4.69) is 17.2 Å². The van der Waals surface area contributed by atoms with E-state index in [0.29, 0.717) is 11.8 Å². The first-order valence-electron chi connectivity index (χ1n) is 5.20. The van der Waals surface area contributed by atoms with Crippen LogP contribution in [-0.4, -0.2) is 26.2 Å². The summed E-state index contributed by atoms with van der Waals surface area (Å²) in [4.78, 5) is 0. The van der Waals surface area contributed by atoms with Crippen LogP contribution in [0.25, 0.3) is 0 Å². The van der Waals surface area contributed by atoms with Crippen LogP contribution in [0.1, 0.15) is 25.5 Å². The number of aryl methyl sites for hydroxylation is 1. The Balaban J connectivity index is 1.98. The number of aromatic nitrogens is 3. The lowest BCUT2D eigenvalue weighted by atomic mass is 9.92. The molecule has 1 N–H and O–H groups in total. The second-order valence-electron chi connectivity index (χ2n) is 4.35. The third-order valence-corrected chi connectivity index (χ3v) is 3.31. The first-order valence-corrected chi connectivity index (χ1v) is 5.20. The molecule has 4 heteroatoms. The Kier molecular flexibility index (Phi) is 2.54. The number of rotatable bonds is 2. The van der Waals surface area contributed by atoms with Crippen molar-refractivity contribution in [3.05, 3.63) is 11.9 Å². The Labute approximate surface area is 83.9 Å². The van der Waals surface area contributed by atoms with Crippen LogP contribution in [0.3, 0.4) is 0 Å². The molecule has 0 radical (unpaired) electrons. The zero-order valence-corrected chi connectivity index (χ0v) is 8.72. The monoisotopic (exact) mass is 195 g/mol. The van der Waals surface area contributed by atoms with E-state index in [1.807, 2.05) is 13.2 Å². The van der Waals surface area contributed by atoms with Crippen LogP contribution in [0.2, 0.25) is 0 Å². The lowest BCUT2D eigenvalue weighted by Crippen LogP contribution is -2.17. The van der Waals surface area contributed by atoms with Crippen LogP contribution in [0.15, 0.2) is 6.20 Å². The number of aliphatic hydroxyl groups excluding tert-OH is 1. The van der Waals surface area contributed by atoms with Gasteiger partial charge in [-0.1, -0.05) is 12.1 Å². The van der Waals surface area contributed by atoms with Gasteiger partial charge in [0.25, 0.3) is 0 Å². The average molecular weight is 195 g/mol. The molecule has 78 valence electrons. The molecule has 3 unspecified atom stereocenters. The van der Waals surface area contributed by atoms with Crippen molar-refractivity contribution in [3.63, 3.8) is 0 Å². The first kappa shape index (κ1) is 9.65. The van der Waals surface area contributed by atoms with E-state index >= 15 is 0 Å². The maximum atomic E-state index is 9.61. The van der Waals surface area contributed by atoms with Gasteiger partial charge in [-0.15, -0.1) is 5.10 Å². The molecule has 3 atom stereocenters. The lowest BCUT2D eigenvalue weighted by Gasteiger charge is -2.15. The van der Waals surface area contributed by atoms with Gasteiger partial charge in [0.2, 0.25) is 0 Å². The van der Waals surface area contributed by atoms with Crippen molar-refractivity contribution in [2.24, 2.45) is 18.9 Å². The van der Waals surface area contributed by atoms with Crippen molar-refractivity contribution in [1.29, 1.82) is 0 Å². The van der Waals surface area contributed by atoms with Gasteiger partial charge in [0.1, 0.15) is 0 Å². The summed E-state index contributed by atoms with van der Waals surface area (Å²) in [6.07, 6.45) is 4.84. The molecule has 4 nitrogen and oxygen atoms in total. The highest BCUT2D eigenvalue weighted by atomic mass is 16.3. The van der Waals surface area contributed by atoms with Crippen molar-refractivity contribution in [3.8, 4) is 0 Å². The third-order valence-electron chi connectivity index (χ3n) is 3.31. The van der Waals surface area contributed by atoms with Gasteiger partial charge >= 0.3 is 0 Å². The lowest BCUT2D eigenvalue weighted by molar-refractivity contribution is 0.127. The quantitative estimate of drug-likeness (QED) is 0.758. The maximum absolute atomic E-state index is 9.61. The molecule has 0 spiro atoms. The van der Waals surface area contributed by atoms with Gasteiger partial charge in [-0.3, -0.25) is 4.68 Å². The van der Waals surface area contributed by atoms with E-state index in [4.69, 9.17) is 0 Å². The van der Waals surface area contributed by atoms with Crippen LogP contribution in [-0.2, 0) is 13.5 Å². The molecule has 0 bridgehead atoms. The zero-order valence-electron chi connectivity index (χ0n) is 8.72. The van der Waals surface area contributed by atoms with E-state index in [1.165, 1.54) is 0 Å². The minimum Gasteiger partial charge on any atom is -0.393 e. The molecule has 0 aliphatic heterocycles. The summed E-state index contributed by atoms with van der Waals surface area (Å²) in [5, 5.41) is 17.6. The molecule has 2 rings (SSSR count). The summed E-state index contributed by atoms with van der Waals surface area (Å²) < 4.78 is 1.73. The molecule has 1 aromatic rings. The van der Waals surface area contributed by atoms with E-state index < -0.39 is 0 Å². The van der Waals surface area contributed by atoms with Crippen molar-refractivity contribution >= 4 is 0 Å². The molecule has 1 heterocycles. The van der Waals surface area contributed by atoms with Crippen molar-refractivity contribution in [2.75, 3.05) is 0 Å². The normalized spacial score (nSPS) is 32.4. The van der Waals surface area contributed by atoms with Crippen LogP contribution in [0, 0.1) is 11.8 Å². The second-order valence-corrected chi connectivity index (χ2v) is 4.35. The molecule has 1 fully saturated rings. The zero-order chi connectivity index (χ0) is 10.1. The smallest absolute Gasteiger partial charge is 0.0829 e. The SMILES string of the molecule is CC1C(O)CCC1Cc1cn(C)nn1. The predicted molar refractivity (Wildman–Crippen MR) is 52.6 cm³/mol. The van der Waals surface area contributed by atoms with Crippen LogP contribution in [0.4, 0.5) is 0 Å². The van der Waals surface area contributed by atoms with E-state index in [0.717, 1.165) is 25.0 Å². The number of hydrogen-bond donors (Lipinski definition) is 1. The maximum Gasteiger partial charge on any atom is 0.0829 e. The molecular formula is C10H17N3O. The molecule has 14 heavy (non-hydrogen) atoms. The summed E-state index contributed by atoms with van der Waals surface area (Å²) in [6, 6.07) is 0. The standard InChI is InChI=1S/C10H17N3O/c1-7-8(3-4-10(7)14)5-9-6-13(2)12-11-9/h6-8,10,14H,3-5H2,1-2H3. The Hall–Kier alpha value is -0.900. The summed E-state index contributed by atoms with van der Waals surface area (Å²) in [5.41, 5.74) is 1.04.